The fourth-order valence-electron chi connectivity index (χ4n) is 2.08. The van der Waals surface area contributed by atoms with Crippen molar-refractivity contribution in [2.75, 3.05) is 18.5 Å². The summed E-state index contributed by atoms with van der Waals surface area (Å²) in [7, 11) is 0. The van der Waals surface area contributed by atoms with Crippen molar-refractivity contribution in [3.8, 4) is 11.5 Å². The van der Waals surface area contributed by atoms with Crippen LogP contribution >= 0.6 is 11.6 Å². The molecule has 0 unspecified atom stereocenters. The number of rotatable bonds is 7. The topological polar surface area (TPSA) is 47.6 Å². The Morgan fingerprint density at radius 1 is 1.08 bits per heavy atom. The van der Waals surface area contributed by atoms with Crippen molar-refractivity contribution in [1.29, 1.82) is 0 Å². The summed E-state index contributed by atoms with van der Waals surface area (Å²) in [5.41, 5.74) is 1.42. The van der Waals surface area contributed by atoms with Gasteiger partial charge in [0, 0.05) is 6.08 Å². The second-order valence-corrected chi connectivity index (χ2v) is 5.28. The molecule has 0 fully saturated rings. The van der Waals surface area contributed by atoms with Gasteiger partial charge >= 0.3 is 0 Å². The molecule has 1 amide bonds. The largest absolute Gasteiger partial charge is 0.490 e. The summed E-state index contributed by atoms with van der Waals surface area (Å²) in [4.78, 5) is 12.0. The number of halogens is 1. The standard InChI is InChI=1S/C19H20ClNO3/c1-3-23-17-11-9-14(13-18(17)24-4-2)10-12-19(22)21-16-8-6-5-7-15(16)20/h5-13H,3-4H2,1-2H3,(H,21,22)/b12-10+. The second kappa shape index (κ2) is 8.99. The zero-order valence-electron chi connectivity index (χ0n) is 13.7. The van der Waals surface area contributed by atoms with Crippen molar-refractivity contribution in [2.45, 2.75) is 13.8 Å². The van der Waals surface area contributed by atoms with Crippen LogP contribution in [0.2, 0.25) is 5.02 Å². The van der Waals surface area contributed by atoms with E-state index in [0.717, 1.165) is 5.56 Å². The van der Waals surface area contributed by atoms with E-state index in [2.05, 4.69) is 5.32 Å². The van der Waals surface area contributed by atoms with Gasteiger partial charge < -0.3 is 14.8 Å². The van der Waals surface area contributed by atoms with Gasteiger partial charge in [-0.3, -0.25) is 4.79 Å². The number of carbonyl (C=O) groups is 1. The van der Waals surface area contributed by atoms with Crippen LogP contribution in [-0.4, -0.2) is 19.1 Å². The van der Waals surface area contributed by atoms with Crippen molar-refractivity contribution in [2.24, 2.45) is 0 Å². The molecule has 2 rings (SSSR count). The quantitative estimate of drug-likeness (QED) is 0.734. The molecule has 0 aliphatic heterocycles. The molecule has 4 nitrogen and oxygen atoms in total. The number of hydrogen-bond donors (Lipinski definition) is 1. The third-order valence-corrected chi connectivity index (χ3v) is 3.46. The average molecular weight is 346 g/mol. The molecule has 0 aromatic heterocycles. The molecule has 0 saturated heterocycles. The summed E-state index contributed by atoms with van der Waals surface area (Å²) < 4.78 is 11.1. The summed E-state index contributed by atoms with van der Waals surface area (Å²) in [5.74, 6) is 1.10. The molecular weight excluding hydrogens is 326 g/mol. The zero-order valence-corrected chi connectivity index (χ0v) is 14.5. The molecule has 1 N–H and O–H groups in total. The van der Waals surface area contributed by atoms with Gasteiger partial charge in [-0.25, -0.2) is 0 Å². The monoisotopic (exact) mass is 345 g/mol. The number of carbonyl (C=O) groups excluding carboxylic acids is 1. The van der Waals surface area contributed by atoms with Crippen molar-refractivity contribution in [1.82, 2.24) is 0 Å². The van der Waals surface area contributed by atoms with Crippen LogP contribution in [0.1, 0.15) is 19.4 Å². The van der Waals surface area contributed by atoms with E-state index in [-0.39, 0.29) is 5.91 Å². The van der Waals surface area contributed by atoms with E-state index in [1.807, 2.05) is 44.2 Å². The highest BCUT2D eigenvalue weighted by molar-refractivity contribution is 6.33. The van der Waals surface area contributed by atoms with Crippen molar-refractivity contribution in [3.05, 3.63) is 59.1 Å². The van der Waals surface area contributed by atoms with E-state index in [4.69, 9.17) is 21.1 Å². The fraction of sp³-hybridized carbons (Fsp3) is 0.211. The first-order chi connectivity index (χ1) is 11.6. The molecule has 0 atom stereocenters. The van der Waals surface area contributed by atoms with Crippen molar-refractivity contribution >= 4 is 29.3 Å². The summed E-state index contributed by atoms with van der Waals surface area (Å²) >= 11 is 6.02. The number of ether oxygens (including phenoxy) is 2. The Labute approximate surface area is 147 Å². The number of para-hydroxylation sites is 1. The van der Waals surface area contributed by atoms with Crippen molar-refractivity contribution < 1.29 is 14.3 Å². The van der Waals surface area contributed by atoms with Gasteiger partial charge in [-0.1, -0.05) is 29.8 Å². The predicted molar refractivity (Wildman–Crippen MR) is 97.9 cm³/mol. The van der Waals surface area contributed by atoms with Gasteiger partial charge in [0.05, 0.1) is 23.9 Å². The highest BCUT2D eigenvalue weighted by atomic mass is 35.5. The summed E-state index contributed by atoms with van der Waals surface area (Å²) in [5, 5.41) is 3.24. The Morgan fingerprint density at radius 3 is 2.50 bits per heavy atom. The molecule has 0 spiro atoms. The Kier molecular flexibility index (Phi) is 6.70. The van der Waals surface area contributed by atoms with E-state index >= 15 is 0 Å². The molecular formula is C19H20ClNO3. The Bertz CT molecular complexity index is 728. The third-order valence-electron chi connectivity index (χ3n) is 3.13. The molecule has 0 radical (unpaired) electrons. The normalized spacial score (nSPS) is 10.6. The number of benzene rings is 2. The van der Waals surface area contributed by atoms with Gasteiger partial charge in [0.15, 0.2) is 11.5 Å². The van der Waals surface area contributed by atoms with Gasteiger partial charge in [-0.2, -0.15) is 0 Å². The molecule has 2 aromatic rings. The lowest BCUT2D eigenvalue weighted by atomic mass is 10.2. The van der Waals surface area contributed by atoms with E-state index < -0.39 is 0 Å². The average Bonchev–Trinajstić information content (AvgIpc) is 2.57. The predicted octanol–water partition coefficient (Wildman–Crippen LogP) is 4.79. The molecule has 24 heavy (non-hydrogen) atoms. The van der Waals surface area contributed by atoms with Crippen LogP contribution in [0.3, 0.4) is 0 Å². The number of amides is 1. The maximum atomic E-state index is 12.0. The van der Waals surface area contributed by atoms with Crippen LogP contribution in [0.15, 0.2) is 48.5 Å². The number of anilines is 1. The Morgan fingerprint density at radius 2 is 1.79 bits per heavy atom. The SMILES string of the molecule is CCOc1ccc(/C=C/C(=O)Nc2ccccc2Cl)cc1OCC. The van der Waals surface area contributed by atoms with Crippen molar-refractivity contribution in [3.63, 3.8) is 0 Å². The maximum Gasteiger partial charge on any atom is 0.248 e. The van der Waals surface area contributed by atoms with Gasteiger partial charge in [-0.05, 0) is 49.8 Å². The number of nitrogens with one attached hydrogen (secondary N) is 1. The first-order valence-corrected chi connectivity index (χ1v) is 8.15. The van der Waals surface area contributed by atoms with E-state index in [0.29, 0.717) is 35.4 Å². The smallest absolute Gasteiger partial charge is 0.248 e. The van der Waals surface area contributed by atoms with E-state index in [9.17, 15) is 4.79 Å². The first kappa shape index (κ1) is 17.9. The molecule has 126 valence electrons. The summed E-state index contributed by atoms with van der Waals surface area (Å²) in [6, 6.07) is 12.6. The lowest BCUT2D eigenvalue weighted by molar-refractivity contribution is -0.111. The zero-order chi connectivity index (χ0) is 17.4. The minimum absolute atomic E-state index is 0.255. The minimum Gasteiger partial charge on any atom is -0.490 e. The maximum absolute atomic E-state index is 12.0. The Hall–Kier alpha value is -2.46. The molecule has 5 heteroatoms. The lowest BCUT2D eigenvalue weighted by Crippen LogP contribution is -2.07. The minimum atomic E-state index is -0.255. The highest BCUT2D eigenvalue weighted by Gasteiger charge is 2.06. The molecule has 0 aliphatic rings. The van der Waals surface area contributed by atoms with Crippen LogP contribution in [0.4, 0.5) is 5.69 Å². The van der Waals surface area contributed by atoms with Crippen LogP contribution in [0.5, 0.6) is 11.5 Å². The molecule has 0 saturated carbocycles. The lowest BCUT2D eigenvalue weighted by Gasteiger charge is -2.11. The molecule has 0 heterocycles. The van der Waals surface area contributed by atoms with Gasteiger partial charge in [0.2, 0.25) is 5.91 Å². The van der Waals surface area contributed by atoms with Crippen LogP contribution in [0, 0.1) is 0 Å². The van der Waals surface area contributed by atoms with Crippen LogP contribution in [0.25, 0.3) is 6.08 Å². The van der Waals surface area contributed by atoms with Crippen LogP contribution < -0.4 is 14.8 Å². The van der Waals surface area contributed by atoms with E-state index in [1.165, 1.54) is 6.08 Å². The second-order valence-electron chi connectivity index (χ2n) is 4.87. The van der Waals surface area contributed by atoms with Gasteiger partial charge in [0.25, 0.3) is 0 Å². The molecule has 0 bridgehead atoms. The number of hydrogen-bond acceptors (Lipinski definition) is 3. The molecule has 0 aliphatic carbocycles. The molecule has 2 aromatic carbocycles. The van der Waals surface area contributed by atoms with Crippen LogP contribution in [-0.2, 0) is 4.79 Å². The summed E-state index contributed by atoms with van der Waals surface area (Å²) in [6.45, 7) is 4.94. The summed E-state index contributed by atoms with van der Waals surface area (Å²) in [6.07, 6.45) is 3.17. The first-order valence-electron chi connectivity index (χ1n) is 7.77. The van der Waals surface area contributed by atoms with E-state index in [1.54, 1.807) is 18.2 Å². The van der Waals surface area contributed by atoms with Gasteiger partial charge in [0.1, 0.15) is 0 Å². The Balaban J connectivity index is 2.09. The fourth-order valence-corrected chi connectivity index (χ4v) is 2.26. The third kappa shape index (κ3) is 5.03. The highest BCUT2D eigenvalue weighted by Crippen LogP contribution is 2.29. The van der Waals surface area contributed by atoms with Gasteiger partial charge in [-0.15, -0.1) is 0 Å².